The SMILES string of the molecule is CCCCCCOc1c(OCCCC)c2ccc(OCc3ccccc3)cc2n(CCCC)c1=O. The first-order chi connectivity index (χ1) is 17.2. The minimum atomic E-state index is -0.117. The molecule has 0 radical (unpaired) electrons. The molecular formula is C30H41NO4. The van der Waals surface area contributed by atoms with E-state index in [-0.39, 0.29) is 5.56 Å². The highest BCUT2D eigenvalue weighted by Gasteiger charge is 2.20. The highest BCUT2D eigenvalue weighted by atomic mass is 16.5. The van der Waals surface area contributed by atoms with Crippen molar-refractivity contribution in [3.63, 3.8) is 0 Å². The van der Waals surface area contributed by atoms with Crippen LogP contribution >= 0.6 is 0 Å². The summed E-state index contributed by atoms with van der Waals surface area (Å²) in [7, 11) is 0. The van der Waals surface area contributed by atoms with E-state index in [1.54, 1.807) is 0 Å². The average Bonchev–Trinajstić information content (AvgIpc) is 2.89. The smallest absolute Gasteiger partial charge is 0.297 e. The van der Waals surface area contributed by atoms with Gasteiger partial charge in [0.2, 0.25) is 5.75 Å². The molecular weight excluding hydrogens is 438 g/mol. The van der Waals surface area contributed by atoms with E-state index < -0.39 is 0 Å². The van der Waals surface area contributed by atoms with E-state index in [0.717, 1.165) is 60.7 Å². The average molecular weight is 480 g/mol. The predicted octanol–water partition coefficient (Wildman–Crippen LogP) is 7.52. The number of pyridine rings is 1. The Kier molecular flexibility index (Phi) is 11.0. The number of fused-ring (bicyclic) bond motifs is 1. The van der Waals surface area contributed by atoms with Gasteiger partial charge >= 0.3 is 0 Å². The van der Waals surface area contributed by atoms with Gasteiger partial charge < -0.3 is 18.8 Å². The van der Waals surface area contributed by atoms with Crippen molar-refractivity contribution in [2.75, 3.05) is 13.2 Å². The van der Waals surface area contributed by atoms with Crippen LogP contribution in [0, 0.1) is 0 Å². The zero-order chi connectivity index (χ0) is 24.9. The van der Waals surface area contributed by atoms with Crippen LogP contribution in [0.25, 0.3) is 10.9 Å². The molecule has 0 saturated heterocycles. The van der Waals surface area contributed by atoms with E-state index in [1.807, 2.05) is 53.1 Å². The molecule has 1 aromatic heterocycles. The number of benzene rings is 2. The van der Waals surface area contributed by atoms with Crippen LogP contribution in [0.15, 0.2) is 53.3 Å². The first-order valence-corrected chi connectivity index (χ1v) is 13.3. The fraction of sp³-hybridized carbons (Fsp3) is 0.500. The van der Waals surface area contributed by atoms with Crippen molar-refractivity contribution < 1.29 is 14.2 Å². The molecule has 0 aliphatic carbocycles. The lowest BCUT2D eigenvalue weighted by atomic mass is 10.1. The van der Waals surface area contributed by atoms with Crippen LogP contribution in [0.4, 0.5) is 0 Å². The van der Waals surface area contributed by atoms with Gasteiger partial charge in [0, 0.05) is 18.0 Å². The Morgan fingerprint density at radius 2 is 1.43 bits per heavy atom. The molecule has 2 aromatic carbocycles. The van der Waals surface area contributed by atoms with Gasteiger partial charge in [-0.3, -0.25) is 4.79 Å². The van der Waals surface area contributed by atoms with Gasteiger partial charge in [-0.25, -0.2) is 0 Å². The van der Waals surface area contributed by atoms with E-state index in [2.05, 4.69) is 20.8 Å². The van der Waals surface area contributed by atoms with Crippen molar-refractivity contribution in [3.8, 4) is 17.2 Å². The van der Waals surface area contributed by atoms with E-state index in [9.17, 15) is 4.79 Å². The van der Waals surface area contributed by atoms with Crippen LogP contribution in [-0.4, -0.2) is 17.8 Å². The molecule has 5 nitrogen and oxygen atoms in total. The lowest BCUT2D eigenvalue weighted by molar-refractivity contribution is 0.258. The molecule has 0 atom stereocenters. The van der Waals surface area contributed by atoms with Crippen LogP contribution in [0.5, 0.6) is 17.2 Å². The summed E-state index contributed by atoms with van der Waals surface area (Å²) in [4.78, 5) is 13.7. The summed E-state index contributed by atoms with van der Waals surface area (Å²) in [6.45, 7) is 8.65. The number of rotatable bonds is 16. The summed E-state index contributed by atoms with van der Waals surface area (Å²) < 4.78 is 20.2. The Bertz CT molecular complexity index is 1090. The van der Waals surface area contributed by atoms with Crippen molar-refractivity contribution >= 4 is 10.9 Å². The Hall–Kier alpha value is -2.95. The number of nitrogens with zero attached hydrogens (tertiary/aromatic N) is 1. The van der Waals surface area contributed by atoms with Crippen molar-refractivity contribution in [2.24, 2.45) is 0 Å². The summed E-state index contributed by atoms with van der Waals surface area (Å²) in [6.07, 6.45) is 8.23. The molecule has 0 amide bonds. The maximum atomic E-state index is 13.7. The van der Waals surface area contributed by atoms with Crippen LogP contribution in [0.1, 0.15) is 77.7 Å². The highest BCUT2D eigenvalue weighted by Crippen LogP contribution is 2.35. The third-order valence-electron chi connectivity index (χ3n) is 6.12. The van der Waals surface area contributed by atoms with Crippen molar-refractivity contribution in [1.82, 2.24) is 4.57 Å². The Morgan fingerprint density at radius 1 is 0.714 bits per heavy atom. The molecule has 0 unspecified atom stereocenters. The van der Waals surface area contributed by atoms with Gasteiger partial charge in [-0.1, -0.05) is 83.2 Å². The molecule has 0 fully saturated rings. The predicted molar refractivity (Wildman–Crippen MR) is 144 cm³/mol. The van der Waals surface area contributed by atoms with E-state index in [4.69, 9.17) is 14.2 Å². The highest BCUT2D eigenvalue weighted by molar-refractivity contribution is 5.89. The lowest BCUT2D eigenvalue weighted by Crippen LogP contribution is -2.24. The molecule has 0 N–H and O–H groups in total. The Labute approximate surface area is 210 Å². The standard InChI is InChI=1S/C30H41NO4/c1-4-7-10-14-21-34-29-28(33-20-9-6-3)26-18-17-25(35-23-24-15-12-11-13-16-24)22-27(26)31(30(29)32)19-8-5-2/h11-13,15-18,22H,4-10,14,19-21,23H2,1-3H3. The summed E-state index contributed by atoms with van der Waals surface area (Å²) in [5.74, 6) is 1.65. The quantitative estimate of drug-likeness (QED) is 0.199. The van der Waals surface area contributed by atoms with Gasteiger partial charge in [0.05, 0.1) is 18.7 Å². The number of aromatic nitrogens is 1. The van der Waals surface area contributed by atoms with Gasteiger partial charge in [-0.2, -0.15) is 0 Å². The normalized spacial score (nSPS) is 11.1. The first kappa shape index (κ1) is 26.7. The van der Waals surface area contributed by atoms with Crippen molar-refractivity contribution in [2.45, 2.75) is 85.3 Å². The molecule has 0 aliphatic heterocycles. The third kappa shape index (κ3) is 7.51. The van der Waals surface area contributed by atoms with Gasteiger partial charge in [-0.05, 0) is 37.0 Å². The second-order valence-electron chi connectivity index (χ2n) is 9.03. The summed E-state index contributed by atoms with van der Waals surface area (Å²) in [5, 5.41) is 0.896. The molecule has 3 aromatic rings. The molecule has 0 bridgehead atoms. The fourth-order valence-electron chi connectivity index (χ4n) is 4.04. The largest absolute Gasteiger partial charge is 0.489 e. The van der Waals surface area contributed by atoms with Gasteiger partial charge in [-0.15, -0.1) is 0 Å². The van der Waals surface area contributed by atoms with Crippen LogP contribution in [-0.2, 0) is 13.2 Å². The second-order valence-corrected chi connectivity index (χ2v) is 9.03. The molecule has 3 rings (SSSR count). The number of aryl methyl sites for hydroxylation is 1. The fourth-order valence-corrected chi connectivity index (χ4v) is 4.04. The Balaban J connectivity index is 1.99. The van der Waals surface area contributed by atoms with Gasteiger partial charge in [0.15, 0.2) is 5.75 Å². The van der Waals surface area contributed by atoms with E-state index in [0.29, 0.717) is 37.9 Å². The van der Waals surface area contributed by atoms with Gasteiger partial charge in [0.25, 0.3) is 5.56 Å². The number of hydrogen-bond donors (Lipinski definition) is 0. The van der Waals surface area contributed by atoms with Crippen LogP contribution in [0.2, 0.25) is 0 Å². The Morgan fingerprint density at radius 3 is 2.17 bits per heavy atom. The minimum absolute atomic E-state index is 0.117. The molecule has 5 heteroatoms. The maximum Gasteiger partial charge on any atom is 0.297 e. The zero-order valence-corrected chi connectivity index (χ0v) is 21.7. The minimum Gasteiger partial charge on any atom is -0.489 e. The molecule has 0 saturated carbocycles. The molecule has 1 heterocycles. The monoisotopic (exact) mass is 479 g/mol. The molecule has 0 spiro atoms. The van der Waals surface area contributed by atoms with E-state index in [1.165, 1.54) is 12.8 Å². The van der Waals surface area contributed by atoms with Crippen molar-refractivity contribution in [1.29, 1.82) is 0 Å². The topological polar surface area (TPSA) is 49.7 Å². The number of unbranched alkanes of at least 4 members (excludes halogenated alkanes) is 5. The second kappa shape index (κ2) is 14.4. The van der Waals surface area contributed by atoms with Crippen LogP contribution in [0.3, 0.4) is 0 Å². The molecule has 190 valence electrons. The maximum absolute atomic E-state index is 13.7. The summed E-state index contributed by atoms with van der Waals surface area (Å²) in [6, 6.07) is 16.0. The van der Waals surface area contributed by atoms with Crippen LogP contribution < -0.4 is 19.8 Å². The lowest BCUT2D eigenvalue weighted by Gasteiger charge is -2.19. The number of hydrogen-bond acceptors (Lipinski definition) is 4. The zero-order valence-electron chi connectivity index (χ0n) is 21.7. The molecule has 35 heavy (non-hydrogen) atoms. The first-order valence-electron chi connectivity index (χ1n) is 13.3. The number of ether oxygens (including phenoxy) is 3. The van der Waals surface area contributed by atoms with Gasteiger partial charge in [0.1, 0.15) is 12.4 Å². The van der Waals surface area contributed by atoms with E-state index >= 15 is 0 Å². The summed E-state index contributed by atoms with van der Waals surface area (Å²) >= 11 is 0. The molecule has 0 aliphatic rings. The van der Waals surface area contributed by atoms with Crippen molar-refractivity contribution in [3.05, 3.63) is 64.4 Å². The summed E-state index contributed by atoms with van der Waals surface area (Å²) in [5.41, 5.74) is 1.82. The third-order valence-corrected chi connectivity index (χ3v) is 6.12.